The molecule has 1 N–H and O–H groups in total. The van der Waals surface area contributed by atoms with E-state index in [1.54, 1.807) is 0 Å². The lowest BCUT2D eigenvalue weighted by Crippen LogP contribution is -2.47. The summed E-state index contributed by atoms with van der Waals surface area (Å²) in [5.74, 6) is 0. The van der Waals surface area contributed by atoms with Gasteiger partial charge >= 0.3 is 0 Å². The number of benzene rings is 2. The van der Waals surface area contributed by atoms with Gasteiger partial charge in [-0.1, -0.05) is 42.5 Å². The predicted octanol–water partition coefficient (Wildman–Crippen LogP) is 2.38. The first kappa shape index (κ1) is 15.3. The molecule has 4 rings (SSSR count). The number of rotatable bonds is 3. The number of aliphatic hydroxyl groups is 1. The van der Waals surface area contributed by atoms with Gasteiger partial charge in [0.05, 0.1) is 30.4 Å². The molecule has 4 nitrogen and oxygen atoms in total. The van der Waals surface area contributed by atoms with Crippen molar-refractivity contribution in [2.75, 3.05) is 26.3 Å². The fourth-order valence-electron chi connectivity index (χ4n) is 4.04. The molecule has 0 amide bonds. The summed E-state index contributed by atoms with van der Waals surface area (Å²) in [7, 11) is 0. The van der Waals surface area contributed by atoms with Crippen LogP contribution in [-0.4, -0.2) is 36.3 Å². The molecule has 1 aliphatic heterocycles. The zero-order chi connectivity index (χ0) is 16.6. The third-order valence-electron chi connectivity index (χ3n) is 5.36. The lowest BCUT2D eigenvalue weighted by Gasteiger charge is -2.38. The van der Waals surface area contributed by atoms with Crippen molar-refractivity contribution < 1.29 is 9.84 Å². The summed E-state index contributed by atoms with van der Waals surface area (Å²) in [6.45, 7) is 2.97. The van der Waals surface area contributed by atoms with Gasteiger partial charge in [-0.15, -0.1) is 0 Å². The number of ether oxygens (including phenoxy) is 1. The molecule has 1 aliphatic carbocycles. The lowest BCUT2D eigenvalue weighted by molar-refractivity contribution is -0.0255. The van der Waals surface area contributed by atoms with Crippen LogP contribution in [-0.2, 0) is 15.9 Å². The number of hydrogen-bond acceptors (Lipinski definition) is 4. The molecule has 0 radical (unpaired) electrons. The van der Waals surface area contributed by atoms with Crippen LogP contribution in [0.1, 0.15) is 23.1 Å². The van der Waals surface area contributed by atoms with Crippen LogP contribution in [0, 0.1) is 11.3 Å². The maximum Gasteiger partial charge on any atom is 0.114 e. The number of morpholine rings is 1. The van der Waals surface area contributed by atoms with Crippen molar-refractivity contribution in [2.24, 2.45) is 0 Å². The van der Waals surface area contributed by atoms with E-state index in [-0.39, 0.29) is 0 Å². The number of nitrogens with zero attached hydrogens (tertiary/aromatic N) is 2. The fourth-order valence-corrected chi connectivity index (χ4v) is 4.04. The summed E-state index contributed by atoms with van der Waals surface area (Å²) >= 11 is 0. The van der Waals surface area contributed by atoms with E-state index in [9.17, 15) is 5.11 Å². The van der Waals surface area contributed by atoms with Crippen LogP contribution in [0.15, 0.2) is 54.6 Å². The summed E-state index contributed by atoms with van der Waals surface area (Å²) < 4.78 is 5.50. The topological polar surface area (TPSA) is 56.5 Å². The molecule has 1 saturated carbocycles. The predicted molar refractivity (Wildman–Crippen MR) is 90.2 cm³/mol. The van der Waals surface area contributed by atoms with E-state index in [0.29, 0.717) is 25.2 Å². The van der Waals surface area contributed by atoms with E-state index in [1.807, 2.05) is 54.6 Å². The Hall–Kier alpha value is -2.19. The molecule has 1 saturated heterocycles. The molecular formula is C20H20N2O2. The molecule has 2 atom stereocenters. The lowest BCUT2D eigenvalue weighted by atomic mass is 9.93. The minimum Gasteiger partial charge on any atom is -0.383 e. The molecule has 0 unspecified atom stereocenters. The molecule has 1 heterocycles. The first-order valence-corrected chi connectivity index (χ1v) is 8.32. The van der Waals surface area contributed by atoms with Crippen molar-refractivity contribution in [2.45, 2.75) is 17.6 Å². The highest BCUT2D eigenvalue weighted by molar-refractivity contribution is 5.47. The van der Waals surface area contributed by atoms with Crippen LogP contribution in [0.4, 0.5) is 0 Å². The van der Waals surface area contributed by atoms with Crippen molar-refractivity contribution in [1.82, 2.24) is 4.90 Å². The van der Waals surface area contributed by atoms with Gasteiger partial charge in [-0.3, -0.25) is 4.90 Å². The Morgan fingerprint density at radius 2 is 1.62 bits per heavy atom. The van der Waals surface area contributed by atoms with Crippen LogP contribution >= 0.6 is 0 Å². The van der Waals surface area contributed by atoms with E-state index in [2.05, 4.69) is 11.0 Å². The van der Waals surface area contributed by atoms with Crippen LogP contribution in [0.5, 0.6) is 0 Å². The Labute approximate surface area is 141 Å². The molecular weight excluding hydrogens is 300 g/mol. The van der Waals surface area contributed by atoms with Crippen molar-refractivity contribution in [3.8, 4) is 6.07 Å². The van der Waals surface area contributed by atoms with Crippen LogP contribution in [0.3, 0.4) is 0 Å². The summed E-state index contributed by atoms with van der Waals surface area (Å²) in [5.41, 5.74) is 1.31. The van der Waals surface area contributed by atoms with Gasteiger partial charge in [0.15, 0.2) is 0 Å². The number of hydrogen-bond donors (Lipinski definition) is 1. The fraction of sp³-hybridized carbons (Fsp3) is 0.350. The summed E-state index contributed by atoms with van der Waals surface area (Å²) in [6, 6.07) is 19.7. The highest BCUT2D eigenvalue weighted by Gasteiger charge is 2.71. The average Bonchev–Trinajstić information content (AvgIpc) is 3.32. The Morgan fingerprint density at radius 3 is 2.25 bits per heavy atom. The highest BCUT2D eigenvalue weighted by atomic mass is 16.5. The van der Waals surface area contributed by atoms with Gasteiger partial charge in [0.2, 0.25) is 0 Å². The molecule has 0 spiro atoms. The Bertz CT molecular complexity index is 762. The molecule has 4 heteroatoms. The zero-order valence-corrected chi connectivity index (χ0v) is 13.5. The maximum atomic E-state index is 11.5. The average molecular weight is 320 g/mol. The molecule has 2 fully saturated rings. The molecule has 0 bridgehead atoms. The normalized spacial score (nSPS) is 29.8. The van der Waals surface area contributed by atoms with Crippen LogP contribution in [0.25, 0.3) is 0 Å². The van der Waals surface area contributed by atoms with E-state index < -0.39 is 11.1 Å². The van der Waals surface area contributed by atoms with Gasteiger partial charge in [-0.25, -0.2) is 0 Å². The Balaban J connectivity index is 1.78. The summed E-state index contributed by atoms with van der Waals surface area (Å²) in [6.07, 6.45) is 0.663. The van der Waals surface area contributed by atoms with Gasteiger partial charge < -0.3 is 9.84 Å². The van der Waals surface area contributed by atoms with Crippen molar-refractivity contribution in [3.63, 3.8) is 0 Å². The second-order valence-corrected chi connectivity index (χ2v) is 6.55. The third kappa shape index (κ3) is 2.17. The standard InChI is InChI=1S/C20H20N2O2/c21-14-16-6-8-17(9-7-16)19(22-10-12-24-13-11-22)15-20(19,23)18-4-2-1-3-5-18/h1-9,23H,10-13,15H2/t19-,20-/m0/s1. The first-order chi connectivity index (χ1) is 11.7. The molecule has 2 aromatic rings. The largest absolute Gasteiger partial charge is 0.383 e. The van der Waals surface area contributed by atoms with Crippen LogP contribution < -0.4 is 0 Å². The van der Waals surface area contributed by atoms with Gasteiger partial charge in [-0.2, -0.15) is 5.26 Å². The van der Waals surface area contributed by atoms with Crippen molar-refractivity contribution in [1.29, 1.82) is 5.26 Å². The monoisotopic (exact) mass is 320 g/mol. The quantitative estimate of drug-likeness (QED) is 0.943. The second-order valence-electron chi connectivity index (χ2n) is 6.55. The summed E-state index contributed by atoms with van der Waals surface area (Å²) in [4.78, 5) is 2.34. The minimum absolute atomic E-state index is 0.438. The smallest absolute Gasteiger partial charge is 0.114 e. The Kier molecular flexibility index (Phi) is 3.65. The third-order valence-corrected chi connectivity index (χ3v) is 5.36. The molecule has 0 aromatic heterocycles. The van der Waals surface area contributed by atoms with Crippen molar-refractivity contribution in [3.05, 3.63) is 71.3 Å². The van der Waals surface area contributed by atoms with E-state index in [0.717, 1.165) is 24.2 Å². The molecule has 24 heavy (non-hydrogen) atoms. The molecule has 2 aromatic carbocycles. The Morgan fingerprint density at radius 1 is 0.958 bits per heavy atom. The minimum atomic E-state index is -0.903. The molecule has 2 aliphatic rings. The van der Waals surface area contributed by atoms with E-state index in [4.69, 9.17) is 10.00 Å². The van der Waals surface area contributed by atoms with Gasteiger partial charge in [0, 0.05) is 19.5 Å². The van der Waals surface area contributed by atoms with Gasteiger partial charge in [-0.05, 0) is 23.3 Å². The molecule has 122 valence electrons. The van der Waals surface area contributed by atoms with Gasteiger partial charge in [0.25, 0.3) is 0 Å². The second kappa shape index (κ2) is 5.71. The van der Waals surface area contributed by atoms with E-state index >= 15 is 0 Å². The zero-order valence-electron chi connectivity index (χ0n) is 13.5. The van der Waals surface area contributed by atoms with Gasteiger partial charge in [0.1, 0.15) is 5.60 Å². The maximum absolute atomic E-state index is 11.5. The first-order valence-electron chi connectivity index (χ1n) is 8.32. The SMILES string of the molecule is N#Cc1ccc([C@@]2(N3CCOCC3)C[C@]2(O)c2ccccc2)cc1. The van der Waals surface area contributed by atoms with Crippen molar-refractivity contribution >= 4 is 0 Å². The summed E-state index contributed by atoms with van der Waals surface area (Å²) in [5, 5.41) is 20.5. The highest BCUT2D eigenvalue weighted by Crippen LogP contribution is 2.65. The number of nitriles is 1. The van der Waals surface area contributed by atoms with E-state index in [1.165, 1.54) is 0 Å². The van der Waals surface area contributed by atoms with Crippen LogP contribution in [0.2, 0.25) is 0 Å².